The number of rotatable bonds is 2. The number of hydrogen-bond donors (Lipinski definition) is 0. The molecule has 1 aromatic carbocycles. The first-order valence-corrected chi connectivity index (χ1v) is 8.54. The van der Waals surface area contributed by atoms with Gasteiger partial charge in [0.05, 0.1) is 15.5 Å². The van der Waals surface area contributed by atoms with E-state index < -0.39 is 5.41 Å². The van der Waals surface area contributed by atoms with Crippen LogP contribution in [-0.2, 0) is 9.59 Å². The van der Waals surface area contributed by atoms with Gasteiger partial charge >= 0.3 is 0 Å². The molecule has 2 fully saturated rings. The van der Waals surface area contributed by atoms with Gasteiger partial charge in [-0.15, -0.1) is 0 Å². The van der Waals surface area contributed by atoms with Crippen molar-refractivity contribution in [3.8, 4) is 5.88 Å². The van der Waals surface area contributed by atoms with E-state index in [1.165, 1.54) is 11.5 Å². The van der Waals surface area contributed by atoms with E-state index in [4.69, 9.17) is 4.74 Å². The molecule has 0 atom stereocenters. The molecule has 0 unspecified atom stereocenters. The molecular formula is C17H17NO3S. The lowest BCUT2D eigenvalue weighted by Gasteiger charge is -2.34. The van der Waals surface area contributed by atoms with Crippen LogP contribution in [0.25, 0.3) is 10.1 Å². The molecule has 2 aliphatic carbocycles. The summed E-state index contributed by atoms with van der Waals surface area (Å²) in [6, 6.07) is 8.02. The van der Waals surface area contributed by atoms with Crippen LogP contribution in [0.5, 0.6) is 5.88 Å². The van der Waals surface area contributed by atoms with Gasteiger partial charge in [-0.2, -0.15) is 4.37 Å². The van der Waals surface area contributed by atoms with Crippen LogP contribution in [0.4, 0.5) is 0 Å². The number of fused-ring (bicyclic) bond motifs is 1. The second-order valence-electron chi connectivity index (χ2n) is 6.23. The molecule has 0 N–H and O–H groups in total. The summed E-state index contributed by atoms with van der Waals surface area (Å²) in [5, 5.41) is 1.04. The van der Waals surface area contributed by atoms with Crippen LogP contribution in [0.2, 0.25) is 0 Å². The van der Waals surface area contributed by atoms with Crippen LogP contribution < -0.4 is 4.74 Å². The average molecular weight is 315 g/mol. The van der Waals surface area contributed by atoms with E-state index in [0.717, 1.165) is 22.9 Å². The average Bonchev–Trinajstić information content (AvgIpc) is 3.07. The largest absolute Gasteiger partial charge is 0.473 e. The Balaban J connectivity index is 1.48. The molecule has 2 saturated carbocycles. The van der Waals surface area contributed by atoms with Crippen molar-refractivity contribution in [3.05, 3.63) is 24.3 Å². The number of benzene rings is 1. The molecule has 0 radical (unpaired) electrons. The van der Waals surface area contributed by atoms with Crippen molar-refractivity contribution in [1.82, 2.24) is 4.37 Å². The van der Waals surface area contributed by atoms with Crippen molar-refractivity contribution in [2.75, 3.05) is 0 Å². The topological polar surface area (TPSA) is 56.3 Å². The second kappa shape index (κ2) is 5.16. The Morgan fingerprint density at radius 1 is 1.09 bits per heavy atom. The van der Waals surface area contributed by atoms with E-state index in [9.17, 15) is 9.59 Å². The van der Waals surface area contributed by atoms with Gasteiger partial charge in [0.2, 0.25) is 5.88 Å². The van der Waals surface area contributed by atoms with E-state index in [2.05, 4.69) is 4.37 Å². The Labute approximate surface area is 132 Å². The van der Waals surface area contributed by atoms with Gasteiger partial charge in [0.25, 0.3) is 0 Å². The van der Waals surface area contributed by atoms with Gasteiger partial charge in [-0.1, -0.05) is 12.1 Å². The van der Waals surface area contributed by atoms with Gasteiger partial charge in [-0.3, -0.25) is 9.59 Å². The van der Waals surface area contributed by atoms with E-state index in [0.29, 0.717) is 31.6 Å². The molecule has 2 aromatic rings. The zero-order valence-corrected chi connectivity index (χ0v) is 13.0. The summed E-state index contributed by atoms with van der Waals surface area (Å²) in [7, 11) is 0. The van der Waals surface area contributed by atoms with Crippen LogP contribution in [0.15, 0.2) is 24.3 Å². The third kappa shape index (κ3) is 2.07. The van der Waals surface area contributed by atoms with Crippen LogP contribution in [-0.4, -0.2) is 22.0 Å². The highest BCUT2D eigenvalue weighted by molar-refractivity contribution is 7.13. The Morgan fingerprint density at radius 2 is 1.77 bits per heavy atom. The lowest BCUT2D eigenvalue weighted by molar-refractivity contribution is -0.138. The fourth-order valence-electron chi connectivity index (χ4n) is 3.73. The van der Waals surface area contributed by atoms with Crippen molar-refractivity contribution < 1.29 is 14.3 Å². The number of ketones is 2. The predicted molar refractivity (Wildman–Crippen MR) is 84.2 cm³/mol. The third-order valence-electron chi connectivity index (χ3n) is 5.06. The summed E-state index contributed by atoms with van der Waals surface area (Å²) in [5.74, 6) is 0.982. The summed E-state index contributed by atoms with van der Waals surface area (Å²) < 4.78 is 11.6. The van der Waals surface area contributed by atoms with Crippen LogP contribution >= 0.6 is 11.5 Å². The Bertz CT molecular complexity index is 725. The fourth-order valence-corrected chi connectivity index (χ4v) is 4.44. The maximum atomic E-state index is 12.1. The molecule has 0 bridgehead atoms. The van der Waals surface area contributed by atoms with Gasteiger partial charge in [0, 0.05) is 12.8 Å². The number of ether oxygens (including phenoxy) is 1. The summed E-state index contributed by atoms with van der Waals surface area (Å²) in [6.07, 6.45) is 3.70. The molecule has 4 nitrogen and oxygen atoms in total. The number of aromatic nitrogens is 1. The third-order valence-corrected chi connectivity index (χ3v) is 5.87. The highest BCUT2D eigenvalue weighted by Gasteiger charge is 2.51. The molecule has 22 heavy (non-hydrogen) atoms. The van der Waals surface area contributed by atoms with Crippen molar-refractivity contribution in [2.45, 2.75) is 44.6 Å². The van der Waals surface area contributed by atoms with Gasteiger partial charge in [-0.05, 0) is 49.3 Å². The first-order chi connectivity index (χ1) is 10.7. The quantitative estimate of drug-likeness (QED) is 0.795. The van der Waals surface area contributed by atoms with E-state index in [1.807, 2.05) is 24.3 Å². The Kier molecular flexibility index (Phi) is 3.26. The monoisotopic (exact) mass is 315 g/mol. The molecule has 114 valence electrons. The minimum atomic E-state index is -0.677. The standard InChI is InChI=1S/C17H17NO3S/c19-14-5-6-15(20)17(14)9-7-11(8-10-17)21-16-12-3-1-2-4-13(12)22-18-16/h1-4,11H,5-10H2. The molecule has 2 aliphatic rings. The minimum absolute atomic E-state index is 0.0531. The maximum Gasteiger partial charge on any atom is 0.233 e. The van der Waals surface area contributed by atoms with E-state index in [-0.39, 0.29) is 17.7 Å². The molecule has 0 saturated heterocycles. The fraction of sp³-hybridized carbons (Fsp3) is 0.471. The van der Waals surface area contributed by atoms with Gasteiger partial charge < -0.3 is 4.74 Å². The van der Waals surface area contributed by atoms with Crippen molar-refractivity contribution in [3.63, 3.8) is 0 Å². The first kappa shape index (κ1) is 13.9. The number of hydrogen-bond acceptors (Lipinski definition) is 5. The van der Waals surface area contributed by atoms with Crippen molar-refractivity contribution >= 4 is 33.2 Å². The molecule has 0 amide bonds. The lowest BCUT2D eigenvalue weighted by Crippen LogP contribution is -2.39. The maximum absolute atomic E-state index is 12.1. The summed E-state index contributed by atoms with van der Waals surface area (Å²) in [6.45, 7) is 0. The SMILES string of the molecule is O=C1CCC(=O)C12CCC(Oc1nsc3ccccc13)CC2. The van der Waals surface area contributed by atoms with Crippen molar-refractivity contribution in [1.29, 1.82) is 0 Å². The summed E-state index contributed by atoms with van der Waals surface area (Å²) in [5.41, 5.74) is -0.677. The number of carbonyl (C=O) groups is 2. The molecule has 0 aliphatic heterocycles. The molecule has 5 heteroatoms. The van der Waals surface area contributed by atoms with Gasteiger partial charge in [-0.25, -0.2) is 0 Å². The number of nitrogens with zero attached hydrogens (tertiary/aromatic N) is 1. The van der Waals surface area contributed by atoms with E-state index in [1.54, 1.807) is 0 Å². The molecule has 4 rings (SSSR count). The van der Waals surface area contributed by atoms with Crippen molar-refractivity contribution in [2.24, 2.45) is 5.41 Å². The first-order valence-electron chi connectivity index (χ1n) is 7.77. The van der Waals surface area contributed by atoms with E-state index >= 15 is 0 Å². The molecule has 1 aromatic heterocycles. The molecular weight excluding hydrogens is 298 g/mol. The highest BCUT2D eigenvalue weighted by Crippen LogP contribution is 2.45. The zero-order valence-electron chi connectivity index (χ0n) is 12.2. The normalized spacial score (nSPS) is 21.8. The van der Waals surface area contributed by atoms with Gasteiger partial charge in [0.15, 0.2) is 0 Å². The highest BCUT2D eigenvalue weighted by atomic mass is 32.1. The minimum Gasteiger partial charge on any atom is -0.473 e. The zero-order chi connectivity index (χ0) is 15.2. The Morgan fingerprint density at radius 3 is 2.50 bits per heavy atom. The molecule has 1 spiro atoms. The van der Waals surface area contributed by atoms with Gasteiger partial charge in [0.1, 0.15) is 17.7 Å². The lowest BCUT2D eigenvalue weighted by atomic mass is 9.71. The van der Waals surface area contributed by atoms with Crippen LogP contribution in [0.1, 0.15) is 38.5 Å². The summed E-state index contributed by atoms with van der Waals surface area (Å²) >= 11 is 1.44. The summed E-state index contributed by atoms with van der Waals surface area (Å²) in [4.78, 5) is 24.2. The van der Waals surface area contributed by atoms with Crippen LogP contribution in [0, 0.1) is 5.41 Å². The smallest absolute Gasteiger partial charge is 0.233 e. The predicted octanol–water partition coefficient (Wildman–Crippen LogP) is 3.54. The number of carbonyl (C=O) groups excluding carboxylic acids is 2. The van der Waals surface area contributed by atoms with Crippen LogP contribution in [0.3, 0.4) is 0 Å². The number of Topliss-reactive ketones (excluding diaryl/α,β-unsaturated/α-hetero) is 2. The second-order valence-corrected chi connectivity index (χ2v) is 7.03. The Hall–Kier alpha value is -1.75. The molecule has 1 heterocycles.